The second-order valence-electron chi connectivity index (χ2n) is 6.10. The van der Waals surface area contributed by atoms with Crippen LogP contribution >= 0.6 is 0 Å². The number of hydrogen-bond donors (Lipinski definition) is 1. The molecule has 0 radical (unpaired) electrons. The van der Waals surface area contributed by atoms with Gasteiger partial charge in [0.25, 0.3) is 0 Å². The molecule has 0 spiro atoms. The Labute approximate surface area is 122 Å². The number of nitrogens with one attached hydrogen (secondary N) is 1. The molecule has 0 amide bonds. The van der Waals surface area contributed by atoms with Gasteiger partial charge in [-0.2, -0.15) is 0 Å². The lowest BCUT2D eigenvalue weighted by atomic mass is 10.1. The predicted octanol–water partition coefficient (Wildman–Crippen LogP) is 1.70. The van der Waals surface area contributed by atoms with Gasteiger partial charge in [-0.05, 0) is 13.5 Å². The van der Waals surface area contributed by atoms with Crippen LogP contribution in [0.25, 0.3) is 0 Å². The third-order valence-electron chi connectivity index (χ3n) is 4.01. The van der Waals surface area contributed by atoms with Gasteiger partial charge in [-0.15, -0.1) is 0 Å². The van der Waals surface area contributed by atoms with E-state index in [-0.39, 0.29) is 0 Å². The van der Waals surface area contributed by atoms with Gasteiger partial charge in [-0.25, -0.2) is 0 Å². The number of aromatic nitrogens is 1. The second-order valence-corrected chi connectivity index (χ2v) is 6.10. The van der Waals surface area contributed by atoms with Crippen molar-refractivity contribution in [1.29, 1.82) is 0 Å². The highest BCUT2D eigenvalue weighted by Gasteiger charge is 2.23. The monoisotopic (exact) mass is 280 g/mol. The minimum atomic E-state index is 0.470. The van der Waals surface area contributed by atoms with Gasteiger partial charge in [0.2, 0.25) is 0 Å². The highest BCUT2D eigenvalue weighted by atomic mass is 16.5. The van der Waals surface area contributed by atoms with Gasteiger partial charge in [-0.1, -0.05) is 25.9 Å². The van der Waals surface area contributed by atoms with Crippen molar-refractivity contribution < 1.29 is 4.52 Å². The van der Waals surface area contributed by atoms with Crippen LogP contribution in [0, 0.1) is 0 Å². The zero-order valence-corrected chi connectivity index (χ0v) is 13.2. The van der Waals surface area contributed by atoms with E-state index in [1.54, 1.807) is 0 Å². The van der Waals surface area contributed by atoms with Crippen molar-refractivity contribution in [2.24, 2.45) is 0 Å². The zero-order valence-electron chi connectivity index (χ0n) is 13.2. The van der Waals surface area contributed by atoms with Crippen LogP contribution in [0.4, 0.5) is 0 Å². The lowest BCUT2D eigenvalue weighted by molar-refractivity contribution is 0.0819. The molecule has 1 saturated heterocycles. The molecule has 1 N–H and O–H groups in total. The van der Waals surface area contributed by atoms with Gasteiger partial charge in [-0.3, -0.25) is 4.90 Å². The Bertz CT molecular complexity index is 404. The first-order valence-corrected chi connectivity index (χ1v) is 7.69. The molecule has 1 aliphatic heterocycles. The standard InChI is InChI=1S/C15H28N4O/c1-5-14-10-19(7-6-18(14)4)11-15-8-13(17-20-15)9-16-12(2)3/h8,12,14,16H,5-7,9-11H2,1-4H3. The summed E-state index contributed by atoms with van der Waals surface area (Å²) in [6.07, 6.45) is 1.20. The summed E-state index contributed by atoms with van der Waals surface area (Å²) < 4.78 is 5.45. The Morgan fingerprint density at radius 1 is 1.45 bits per heavy atom. The fourth-order valence-electron chi connectivity index (χ4n) is 2.64. The van der Waals surface area contributed by atoms with E-state index < -0.39 is 0 Å². The van der Waals surface area contributed by atoms with Crippen LogP contribution in [-0.2, 0) is 13.1 Å². The van der Waals surface area contributed by atoms with E-state index in [9.17, 15) is 0 Å². The lowest BCUT2D eigenvalue weighted by Gasteiger charge is -2.38. The molecule has 1 fully saturated rings. The topological polar surface area (TPSA) is 44.5 Å². The van der Waals surface area contributed by atoms with Gasteiger partial charge in [0.1, 0.15) is 0 Å². The zero-order chi connectivity index (χ0) is 14.5. The molecule has 2 rings (SSSR count). The van der Waals surface area contributed by atoms with E-state index in [2.05, 4.69) is 54.2 Å². The van der Waals surface area contributed by atoms with E-state index in [0.717, 1.165) is 44.2 Å². The largest absolute Gasteiger partial charge is 0.360 e. The molecule has 5 nitrogen and oxygen atoms in total. The quantitative estimate of drug-likeness (QED) is 0.859. The number of hydrogen-bond acceptors (Lipinski definition) is 5. The molecule has 1 unspecified atom stereocenters. The molecule has 1 aromatic heterocycles. The van der Waals surface area contributed by atoms with Crippen LogP contribution in [0.15, 0.2) is 10.6 Å². The number of rotatable bonds is 6. The highest BCUT2D eigenvalue weighted by Crippen LogP contribution is 2.14. The Morgan fingerprint density at radius 3 is 2.95 bits per heavy atom. The van der Waals surface area contributed by atoms with E-state index in [0.29, 0.717) is 12.1 Å². The lowest BCUT2D eigenvalue weighted by Crippen LogP contribution is -2.50. The Kier molecular flexibility index (Phi) is 5.57. The van der Waals surface area contributed by atoms with Crippen molar-refractivity contribution in [2.45, 2.75) is 52.4 Å². The number of nitrogens with zero attached hydrogens (tertiary/aromatic N) is 3. The Hall–Kier alpha value is -0.910. The van der Waals surface area contributed by atoms with E-state index in [1.807, 2.05) is 0 Å². The molecule has 5 heteroatoms. The average molecular weight is 280 g/mol. The van der Waals surface area contributed by atoms with Gasteiger partial charge in [0.15, 0.2) is 5.76 Å². The SMILES string of the molecule is CCC1CN(Cc2cc(CNC(C)C)no2)CCN1C. The third-order valence-corrected chi connectivity index (χ3v) is 4.01. The maximum atomic E-state index is 5.45. The molecule has 1 aliphatic rings. The summed E-state index contributed by atoms with van der Waals surface area (Å²) in [4.78, 5) is 4.92. The van der Waals surface area contributed by atoms with Gasteiger partial charge < -0.3 is 14.7 Å². The van der Waals surface area contributed by atoms with Crippen LogP contribution in [-0.4, -0.2) is 53.7 Å². The highest BCUT2D eigenvalue weighted by molar-refractivity contribution is 5.05. The maximum Gasteiger partial charge on any atom is 0.151 e. The number of likely N-dealkylation sites (N-methyl/N-ethyl adjacent to an activating group) is 1. The predicted molar refractivity (Wildman–Crippen MR) is 80.5 cm³/mol. The third kappa shape index (κ3) is 4.30. The van der Waals surface area contributed by atoms with Gasteiger partial charge in [0.05, 0.1) is 12.2 Å². The van der Waals surface area contributed by atoms with Crippen LogP contribution in [0.5, 0.6) is 0 Å². The first-order chi connectivity index (χ1) is 9.58. The van der Waals surface area contributed by atoms with Crippen molar-refractivity contribution >= 4 is 0 Å². The summed E-state index contributed by atoms with van der Waals surface area (Å²) in [5, 5.41) is 7.49. The summed E-state index contributed by atoms with van der Waals surface area (Å²) in [6, 6.07) is 3.21. The fraction of sp³-hybridized carbons (Fsp3) is 0.800. The minimum Gasteiger partial charge on any atom is -0.360 e. The molecular formula is C15H28N4O. The first kappa shape index (κ1) is 15.5. The second kappa shape index (κ2) is 7.20. The molecule has 2 heterocycles. The summed E-state index contributed by atoms with van der Waals surface area (Å²) in [5.41, 5.74) is 0.995. The van der Waals surface area contributed by atoms with Crippen molar-refractivity contribution in [3.05, 3.63) is 17.5 Å². The maximum absolute atomic E-state index is 5.45. The summed E-state index contributed by atoms with van der Waals surface area (Å²) in [5.74, 6) is 0.977. The molecule has 114 valence electrons. The Balaban J connectivity index is 1.84. The van der Waals surface area contributed by atoms with Crippen LogP contribution in [0.3, 0.4) is 0 Å². The summed E-state index contributed by atoms with van der Waals surface area (Å²) in [6.45, 7) is 11.5. The summed E-state index contributed by atoms with van der Waals surface area (Å²) >= 11 is 0. The average Bonchev–Trinajstić information content (AvgIpc) is 2.86. The van der Waals surface area contributed by atoms with Crippen LogP contribution in [0.2, 0.25) is 0 Å². The van der Waals surface area contributed by atoms with Crippen molar-refractivity contribution in [1.82, 2.24) is 20.3 Å². The van der Waals surface area contributed by atoms with E-state index >= 15 is 0 Å². The normalized spacial score (nSPS) is 21.8. The van der Waals surface area contributed by atoms with E-state index in [1.165, 1.54) is 6.42 Å². The number of piperazine rings is 1. The molecule has 0 aliphatic carbocycles. The molecule has 1 atom stereocenters. The molecule has 0 saturated carbocycles. The smallest absolute Gasteiger partial charge is 0.151 e. The fourth-order valence-corrected chi connectivity index (χ4v) is 2.64. The van der Waals surface area contributed by atoms with Crippen LogP contribution in [0.1, 0.15) is 38.6 Å². The summed E-state index contributed by atoms with van der Waals surface area (Å²) in [7, 11) is 2.22. The van der Waals surface area contributed by atoms with E-state index in [4.69, 9.17) is 4.52 Å². The molecule has 1 aromatic rings. The molecule has 20 heavy (non-hydrogen) atoms. The van der Waals surface area contributed by atoms with Crippen LogP contribution < -0.4 is 5.32 Å². The van der Waals surface area contributed by atoms with Crippen molar-refractivity contribution in [3.8, 4) is 0 Å². The van der Waals surface area contributed by atoms with Gasteiger partial charge >= 0.3 is 0 Å². The van der Waals surface area contributed by atoms with Crippen molar-refractivity contribution in [2.75, 3.05) is 26.7 Å². The van der Waals surface area contributed by atoms with Gasteiger partial charge in [0, 0.05) is 44.3 Å². The van der Waals surface area contributed by atoms with Crippen molar-refractivity contribution in [3.63, 3.8) is 0 Å². The Morgan fingerprint density at radius 2 is 2.25 bits per heavy atom. The minimum absolute atomic E-state index is 0.470. The first-order valence-electron chi connectivity index (χ1n) is 7.69. The molecular weight excluding hydrogens is 252 g/mol. The molecule has 0 bridgehead atoms. The molecule has 0 aromatic carbocycles.